The maximum atomic E-state index is 8.80. The van der Waals surface area contributed by atoms with Crippen molar-refractivity contribution in [1.82, 2.24) is 14.5 Å². The quantitative estimate of drug-likeness (QED) is 0.118. The fourth-order valence-corrected chi connectivity index (χ4v) is 9.31. The zero-order chi connectivity index (χ0) is 39.1. The molecule has 0 saturated carbocycles. The number of pyridine rings is 1. The van der Waals surface area contributed by atoms with Crippen molar-refractivity contribution in [2.45, 2.75) is 67.1 Å². The number of hydrogen-bond donors (Lipinski definition) is 0. The van der Waals surface area contributed by atoms with E-state index in [1.807, 2.05) is 75.4 Å². The molecule has 0 aliphatic carbocycles. The first-order valence-electron chi connectivity index (χ1n) is 19.5. The van der Waals surface area contributed by atoms with E-state index in [4.69, 9.17) is 7.73 Å². The SMILES string of the molecule is CC(C)Cc1cc(-c2[c-]cccc2)ncc1[Si](C)(C)C.[2H]C([2H])(c1ccc2s[c-]c(-c3nc4ccccc4n3-c3ccc4ccccc4c3)c2c1)C(C)(C)C.[Ir]. The van der Waals surface area contributed by atoms with E-state index in [2.05, 4.69) is 121 Å². The van der Waals surface area contributed by atoms with Crippen LogP contribution in [-0.4, -0.2) is 22.6 Å². The van der Waals surface area contributed by atoms with Crippen LogP contribution < -0.4 is 5.19 Å². The van der Waals surface area contributed by atoms with Gasteiger partial charge in [0.25, 0.3) is 0 Å². The smallest absolute Gasteiger partial charge is 0.0798 e. The number of thiophene rings is 1. The molecule has 0 unspecified atom stereocenters. The minimum absolute atomic E-state index is 0. The number of nitrogens with zero attached hydrogens (tertiary/aromatic N) is 3. The van der Waals surface area contributed by atoms with Gasteiger partial charge in [-0.3, -0.25) is 16.3 Å². The molecular formula is C48H49IrN3SSi-2. The molecule has 0 aliphatic heterocycles. The molecular weight excluding hydrogens is 871 g/mol. The zero-order valence-corrected chi connectivity index (χ0v) is 36.6. The zero-order valence-electron chi connectivity index (χ0n) is 34.4. The molecule has 3 aromatic heterocycles. The van der Waals surface area contributed by atoms with Crippen LogP contribution in [0.2, 0.25) is 19.6 Å². The second-order valence-corrected chi connectivity index (χ2v) is 22.2. The summed E-state index contributed by atoms with van der Waals surface area (Å²) < 4.78 is 20.9. The molecule has 0 N–H and O–H groups in total. The summed E-state index contributed by atoms with van der Waals surface area (Å²) in [6, 6.07) is 42.6. The number of hydrogen-bond acceptors (Lipinski definition) is 3. The molecule has 0 atom stereocenters. The summed E-state index contributed by atoms with van der Waals surface area (Å²) in [6.45, 7) is 17.6. The standard InChI is InChI=1S/C30H25N2S.C18H24NSi.Ir/c1-30(2,3)18-20-12-15-28-24(16-20)25(19-33-28)29-31-26-10-6-7-11-27(26)32(29)23-14-13-21-8-4-5-9-22(21)17-23;1-14(2)11-16-12-17(15-9-7-6-8-10-15)19-13-18(16)20(3,4)5;/h4-17H,18H2,1-3H3;6-9,12-14H,11H2,1-5H3;/q2*-1;/i18D2;;. The summed E-state index contributed by atoms with van der Waals surface area (Å²) in [7, 11) is -1.34. The predicted octanol–water partition coefficient (Wildman–Crippen LogP) is 12.7. The van der Waals surface area contributed by atoms with Crippen LogP contribution in [0.5, 0.6) is 0 Å². The Labute approximate surface area is 342 Å². The van der Waals surface area contributed by atoms with Crippen molar-refractivity contribution >= 4 is 56.5 Å². The maximum absolute atomic E-state index is 8.80. The molecule has 0 amide bonds. The minimum Gasteiger partial charge on any atom is -0.333 e. The summed E-state index contributed by atoms with van der Waals surface area (Å²) in [5.74, 6) is 1.49. The third-order valence-corrected chi connectivity index (χ3v) is 12.2. The van der Waals surface area contributed by atoms with Gasteiger partial charge >= 0.3 is 0 Å². The second kappa shape index (κ2) is 16.3. The van der Waals surface area contributed by atoms with Gasteiger partial charge in [-0.25, -0.2) is 0 Å². The van der Waals surface area contributed by atoms with E-state index in [9.17, 15) is 0 Å². The number of para-hydroxylation sites is 2. The maximum Gasteiger partial charge on any atom is 0.0798 e. The van der Waals surface area contributed by atoms with E-state index in [1.165, 1.54) is 21.5 Å². The summed E-state index contributed by atoms with van der Waals surface area (Å²) in [4.78, 5) is 9.73. The monoisotopic (exact) mass is 922 g/mol. The van der Waals surface area contributed by atoms with Gasteiger partial charge in [-0.1, -0.05) is 142 Å². The third-order valence-electron chi connectivity index (χ3n) is 9.22. The number of fused-ring (bicyclic) bond motifs is 3. The molecule has 3 nitrogen and oxygen atoms in total. The number of benzene rings is 5. The topological polar surface area (TPSA) is 30.7 Å². The Kier molecular flexibility index (Phi) is 11.1. The predicted molar refractivity (Wildman–Crippen MR) is 231 cm³/mol. The molecule has 0 bridgehead atoms. The average Bonchev–Trinajstić information content (AvgIpc) is 3.75. The number of rotatable bonds is 7. The average molecular weight is 922 g/mol. The van der Waals surface area contributed by atoms with Crippen LogP contribution in [0.1, 0.15) is 48.5 Å². The molecule has 6 heteroatoms. The van der Waals surface area contributed by atoms with Crippen molar-refractivity contribution in [3.63, 3.8) is 0 Å². The van der Waals surface area contributed by atoms with Crippen LogP contribution in [0.15, 0.2) is 121 Å². The van der Waals surface area contributed by atoms with E-state index in [0.717, 1.165) is 55.9 Å². The van der Waals surface area contributed by atoms with E-state index < -0.39 is 19.9 Å². The third kappa shape index (κ3) is 8.85. The van der Waals surface area contributed by atoms with Crippen molar-refractivity contribution in [2.75, 3.05) is 0 Å². The number of imidazole rings is 1. The van der Waals surface area contributed by atoms with Crippen molar-refractivity contribution in [2.24, 2.45) is 11.3 Å². The Hall–Kier alpha value is -4.19. The van der Waals surface area contributed by atoms with Crippen LogP contribution in [0, 0.1) is 22.8 Å². The summed E-state index contributed by atoms with van der Waals surface area (Å²) in [5, 5.41) is 8.34. The fraction of sp³-hybridized carbons (Fsp3) is 0.250. The Bertz CT molecular complexity index is 2620. The van der Waals surface area contributed by atoms with E-state index in [-0.39, 0.29) is 20.1 Å². The van der Waals surface area contributed by atoms with Crippen molar-refractivity contribution in [1.29, 1.82) is 0 Å². The van der Waals surface area contributed by atoms with Gasteiger partial charge in [-0.2, -0.15) is 0 Å². The van der Waals surface area contributed by atoms with Crippen molar-refractivity contribution < 1.29 is 22.8 Å². The fourth-order valence-electron chi connectivity index (χ4n) is 6.90. The molecule has 0 spiro atoms. The molecule has 0 saturated heterocycles. The van der Waals surface area contributed by atoms with Crippen LogP contribution in [-0.2, 0) is 32.9 Å². The van der Waals surface area contributed by atoms with Crippen LogP contribution in [0.25, 0.3) is 60.2 Å². The molecule has 0 aliphatic rings. The normalized spacial score (nSPS) is 12.7. The van der Waals surface area contributed by atoms with Crippen LogP contribution in [0.3, 0.4) is 0 Å². The van der Waals surface area contributed by atoms with E-state index >= 15 is 0 Å². The van der Waals surface area contributed by atoms with E-state index in [1.54, 1.807) is 11.3 Å². The van der Waals surface area contributed by atoms with Crippen LogP contribution >= 0.6 is 11.3 Å². The van der Waals surface area contributed by atoms with Gasteiger partial charge in [0.2, 0.25) is 0 Å². The van der Waals surface area contributed by atoms with Gasteiger partial charge in [-0.05, 0) is 70.0 Å². The second-order valence-electron chi connectivity index (χ2n) is 16.3. The molecule has 277 valence electrons. The summed E-state index contributed by atoms with van der Waals surface area (Å²) in [5.41, 5.74) is 7.65. The summed E-state index contributed by atoms with van der Waals surface area (Å²) >= 11 is 1.55. The molecule has 5 aromatic carbocycles. The van der Waals surface area contributed by atoms with E-state index in [0.29, 0.717) is 11.5 Å². The van der Waals surface area contributed by atoms with Gasteiger partial charge in [0.05, 0.1) is 24.9 Å². The van der Waals surface area contributed by atoms with Gasteiger partial charge in [0.15, 0.2) is 0 Å². The van der Waals surface area contributed by atoms with Gasteiger partial charge in [0.1, 0.15) is 0 Å². The molecule has 8 rings (SSSR count). The Morgan fingerprint density at radius 2 is 1.59 bits per heavy atom. The van der Waals surface area contributed by atoms with Gasteiger partial charge in [-0.15, -0.1) is 47.3 Å². The summed E-state index contributed by atoms with van der Waals surface area (Å²) in [6.07, 6.45) is 1.76. The Morgan fingerprint density at radius 1 is 0.852 bits per heavy atom. The van der Waals surface area contributed by atoms with Gasteiger partial charge < -0.3 is 9.55 Å². The first kappa shape index (κ1) is 36.8. The molecule has 8 aromatic rings. The first-order chi connectivity index (χ1) is 26.1. The molecule has 1 radical (unpaired) electrons. The molecule has 3 heterocycles. The van der Waals surface area contributed by atoms with Crippen molar-refractivity contribution in [3.8, 4) is 28.3 Å². The minimum atomic E-state index is -1.47. The van der Waals surface area contributed by atoms with Crippen LogP contribution in [0.4, 0.5) is 0 Å². The van der Waals surface area contributed by atoms with Crippen molar-refractivity contribution in [3.05, 3.63) is 144 Å². The largest absolute Gasteiger partial charge is 0.333 e. The number of aromatic nitrogens is 3. The Morgan fingerprint density at radius 3 is 2.31 bits per heavy atom. The molecule has 54 heavy (non-hydrogen) atoms. The Balaban J connectivity index is 0.000000217. The van der Waals surface area contributed by atoms with Gasteiger partial charge in [0, 0.05) is 34.7 Å². The first-order valence-corrected chi connectivity index (χ1v) is 22.8. The molecule has 0 fully saturated rings.